The van der Waals surface area contributed by atoms with Crippen LogP contribution < -0.4 is 24.3 Å². The molecule has 33 heavy (non-hydrogen) atoms. The first kappa shape index (κ1) is 26.3. The van der Waals surface area contributed by atoms with Crippen LogP contribution in [-0.2, 0) is 14.8 Å². The van der Waals surface area contributed by atoms with E-state index in [9.17, 15) is 13.2 Å². The highest BCUT2D eigenvalue weighted by Crippen LogP contribution is 2.31. The summed E-state index contributed by atoms with van der Waals surface area (Å²) in [5.74, 6) is 1.47. The summed E-state index contributed by atoms with van der Waals surface area (Å²) in [6.07, 6.45) is 0. The summed E-state index contributed by atoms with van der Waals surface area (Å²) in [5, 5.41) is 2.83. The molecule has 0 saturated carbocycles. The quantitative estimate of drug-likeness (QED) is 0.498. The molecule has 0 aliphatic rings. The Morgan fingerprint density at radius 2 is 1.55 bits per heavy atom. The molecule has 182 valence electrons. The number of amides is 1. The smallest absolute Gasteiger partial charge is 0.243 e. The standard InChI is InChI=1S/C23H32N2O7S/c1-7-31-20-11-9-17(13-22(20)32-8-2)16(3)24-23(26)15-25(4)33(27,28)18-10-12-19(29-5)21(14-18)30-6/h9-14,16H,7-8,15H2,1-6H3,(H,24,26)/t16-/m0/s1. The maximum atomic E-state index is 12.9. The Bertz CT molecular complexity index is 1060. The van der Waals surface area contributed by atoms with E-state index in [4.69, 9.17) is 18.9 Å². The molecule has 0 bridgehead atoms. The van der Waals surface area contributed by atoms with E-state index in [2.05, 4.69) is 5.32 Å². The molecule has 0 aliphatic heterocycles. The molecule has 9 nitrogen and oxygen atoms in total. The number of nitrogens with one attached hydrogen (secondary N) is 1. The van der Waals surface area contributed by atoms with Crippen LogP contribution in [0.3, 0.4) is 0 Å². The Kier molecular flexibility index (Phi) is 9.36. The third-order valence-corrected chi connectivity index (χ3v) is 6.67. The fourth-order valence-electron chi connectivity index (χ4n) is 3.15. The molecule has 0 fully saturated rings. The first-order valence-electron chi connectivity index (χ1n) is 10.5. The van der Waals surface area contributed by atoms with Gasteiger partial charge >= 0.3 is 0 Å². The van der Waals surface area contributed by atoms with Gasteiger partial charge in [0.2, 0.25) is 15.9 Å². The zero-order valence-electron chi connectivity index (χ0n) is 19.9. The maximum absolute atomic E-state index is 12.9. The topological polar surface area (TPSA) is 103 Å². The summed E-state index contributed by atoms with van der Waals surface area (Å²) in [5.41, 5.74) is 0.806. The van der Waals surface area contributed by atoms with Crippen LogP contribution in [0.15, 0.2) is 41.3 Å². The molecular weight excluding hydrogens is 448 g/mol. The highest BCUT2D eigenvalue weighted by Gasteiger charge is 2.25. The molecule has 0 aliphatic carbocycles. The van der Waals surface area contributed by atoms with Crippen molar-refractivity contribution in [1.29, 1.82) is 0 Å². The van der Waals surface area contributed by atoms with Gasteiger partial charge in [0.25, 0.3) is 0 Å². The summed E-state index contributed by atoms with van der Waals surface area (Å²) in [4.78, 5) is 12.6. The Morgan fingerprint density at radius 3 is 2.15 bits per heavy atom. The molecular formula is C23H32N2O7S. The summed E-state index contributed by atoms with van der Waals surface area (Å²) in [6.45, 7) is 6.21. The molecule has 0 aromatic heterocycles. The number of rotatable bonds is 12. The Balaban J connectivity index is 2.11. The van der Waals surface area contributed by atoms with Gasteiger partial charge in [0, 0.05) is 13.1 Å². The van der Waals surface area contributed by atoms with Crippen molar-refractivity contribution in [3.05, 3.63) is 42.0 Å². The van der Waals surface area contributed by atoms with Crippen LogP contribution >= 0.6 is 0 Å². The minimum atomic E-state index is -3.92. The Hall–Kier alpha value is -2.98. The van der Waals surface area contributed by atoms with Gasteiger partial charge in [-0.1, -0.05) is 6.07 Å². The predicted octanol–water partition coefficient (Wildman–Crippen LogP) is 3.00. The molecule has 2 aromatic carbocycles. The fraction of sp³-hybridized carbons (Fsp3) is 0.435. The highest BCUT2D eigenvalue weighted by molar-refractivity contribution is 7.89. The summed E-state index contributed by atoms with van der Waals surface area (Å²) < 4.78 is 48.4. The van der Waals surface area contributed by atoms with Gasteiger partial charge < -0.3 is 24.3 Å². The summed E-state index contributed by atoms with van der Waals surface area (Å²) in [6, 6.07) is 9.34. The third-order valence-electron chi connectivity index (χ3n) is 4.87. The van der Waals surface area contributed by atoms with Gasteiger partial charge in [-0.3, -0.25) is 4.79 Å². The first-order chi connectivity index (χ1) is 15.7. The lowest BCUT2D eigenvalue weighted by Crippen LogP contribution is -2.39. The predicted molar refractivity (Wildman–Crippen MR) is 125 cm³/mol. The van der Waals surface area contributed by atoms with Gasteiger partial charge in [0.15, 0.2) is 23.0 Å². The van der Waals surface area contributed by atoms with Crippen molar-refractivity contribution in [3.8, 4) is 23.0 Å². The van der Waals surface area contributed by atoms with Crippen LogP contribution in [0.2, 0.25) is 0 Å². The van der Waals surface area contributed by atoms with Crippen molar-refractivity contribution < 1.29 is 32.2 Å². The molecule has 0 saturated heterocycles. The van der Waals surface area contributed by atoms with E-state index in [0.717, 1.165) is 9.87 Å². The van der Waals surface area contributed by atoms with Gasteiger partial charge in [-0.05, 0) is 50.6 Å². The number of benzene rings is 2. The molecule has 2 rings (SSSR count). The lowest BCUT2D eigenvalue weighted by Gasteiger charge is -2.21. The lowest BCUT2D eigenvalue weighted by molar-refractivity contribution is -0.121. The van der Waals surface area contributed by atoms with E-state index in [1.807, 2.05) is 32.9 Å². The number of carbonyl (C=O) groups excluding carboxylic acids is 1. The van der Waals surface area contributed by atoms with Crippen LogP contribution in [0.4, 0.5) is 0 Å². The normalized spacial score (nSPS) is 12.2. The number of methoxy groups -OCH3 is 2. The minimum Gasteiger partial charge on any atom is -0.493 e. The highest BCUT2D eigenvalue weighted by atomic mass is 32.2. The van der Waals surface area contributed by atoms with E-state index in [0.29, 0.717) is 30.5 Å². The number of hydrogen-bond donors (Lipinski definition) is 1. The second-order valence-electron chi connectivity index (χ2n) is 7.14. The number of hydrogen-bond acceptors (Lipinski definition) is 7. The van der Waals surface area contributed by atoms with Crippen molar-refractivity contribution in [2.45, 2.75) is 31.7 Å². The number of likely N-dealkylation sites (N-methyl/N-ethyl adjacent to an activating group) is 1. The zero-order chi connectivity index (χ0) is 24.6. The van der Waals surface area contributed by atoms with Gasteiger partial charge in [0.05, 0.1) is 44.9 Å². The molecule has 10 heteroatoms. The fourth-order valence-corrected chi connectivity index (χ4v) is 4.29. The Labute approximate surface area is 195 Å². The molecule has 1 N–H and O–H groups in total. The summed E-state index contributed by atoms with van der Waals surface area (Å²) in [7, 11) is 0.315. The minimum absolute atomic E-state index is 0.00336. The second-order valence-corrected chi connectivity index (χ2v) is 9.18. The second kappa shape index (κ2) is 11.8. The van der Waals surface area contributed by atoms with Gasteiger partial charge in [0.1, 0.15) is 0 Å². The van der Waals surface area contributed by atoms with Crippen molar-refractivity contribution in [3.63, 3.8) is 0 Å². The monoisotopic (exact) mass is 480 g/mol. The van der Waals surface area contributed by atoms with Crippen LogP contribution in [0.5, 0.6) is 23.0 Å². The van der Waals surface area contributed by atoms with Crippen molar-refractivity contribution in [2.75, 3.05) is 41.0 Å². The van der Waals surface area contributed by atoms with E-state index in [-0.39, 0.29) is 23.2 Å². The lowest BCUT2D eigenvalue weighted by atomic mass is 10.1. The van der Waals surface area contributed by atoms with E-state index >= 15 is 0 Å². The molecule has 0 heterocycles. The van der Waals surface area contributed by atoms with Crippen molar-refractivity contribution in [2.24, 2.45) is 0 Å². The SMILES string of the molecule is CCOc1ccc([C@H](C)NC(=O)CN(C)S(=O)(=O)c2ccc(OC)c(OC)c2)cc1OCC. The van der Waals surface area contributed by atoms with Crippen LogP contribution in [0.25, 0.3) is 0 Å². The maximum Gasteiger partial charge on any atom is 0.243 e. The van der Waals surface area contributed by atoms with Crippen LogP contribution in [-0.4, -0.2) is 59.7 Å². The average molecular weight is 481 g/mol. The van der Waals surface area contributed by atoms with Crippen molar-refractivity contribution in [1.82, 2.24) is 9.62 Å². The number of sulfonamides is 1. The molecule has 2 aromatic rings. The van der Waals surface area contributed by atoms with Crippen molar-refractivity contribution >= 4 is 15.9 Å². The van der Waals surface area contributed by atoms with E-state index in [1.54, 1.807) is 6.07 Å². The number of nitrogens with zero attached hydrogens (tertiary/aromatic N) is 1. The van der Waals surface area contributed by atoms with E-state index < -0.39 is 15.9 Å². The largest absolute Gasteiger partial charge is 0.493 e. The average Bonchev–Trinajstić information content (AvgIpc) is 2.79. The van der Waals surface area contributed by atoms with E-state index in [1.165, 1.54) is 39.5 Å². The molecule has 1 amide bonds. The third kappa shape index (κ3) is 6.52. The number of ether oxygens (including phenoxy) is 4. The molecule has 0 spiro atoms. The molecule has 0 radical (unpaired) electrons. The van der Waals surface area contributed by atoms with Crippen LogP contribution in [0, 0.1) is 0 Å². The van der Waals surface area contributed by atoms with Gasteiger partial charge in [-0.2, -0.15) is 4.31 Å². The van der Waals surface area contributed by atoms with Crippen LogP contribution in [0.1, 0.15) is 32.4 Å². The zero-order valence-corrected chi connectivity index (χ0v) is 20.7. The summed E-state index contributed by atoms with van der Waals surface area (Å²) >= 11 is 0. The number of carbonyl (C=O) groups is 1. The van der Waals surface area contributed by atoms with Gasteiger partial charge in [-0.15, -0.1) is 0 Å². The molecule has 1 atom stereocenters. The first-order valence-corrected chi connectivity index (χ1v) is 12.0. The van der Waals surface area contributed by atoms with Gasteiger partial charge in [-0.25, -0.2) is 8.42 Å². The Morgan fingerprint density at radius 1 is 0.939 bits per heavy atom. The molecule has 0 unspecified atom stereocenters.